The first-order chi connectivity index (χ1) is 10.1. The van der Waals surface area contributed by atoms with Crippen LogP contribution in [-0.4, -0.2) is 33.5 Å². The van der Waals surface area contributed by atoms with Crippen molar-refractivity contribution in [1.82, 2.24) is 15.4 Å². The highest BCUT2D eigenvalue weighted by atomic mass is 32.2. The molecule has 3 N–H and O–H groups in total. The van der Waals surface area contributed by atoms with Gasteiger partial charge in [-0.3, -0.25) is 4.79 Å². The maximum Gasteiger partial charge on any atom is 0.240 e. The van der Waals surface area contributed by atoms with Gasteiger partial charge in [-0.1, -0.05) is 12.1 Å². The number of sulfonamides is 1. The number of nitrogens with one attached hydrogen (secondary N) is 3. The van der Waals surface area contributed by atoms with Crippen molar-refractivity contribution in [3.05, 3.63) is 29.3 Å². The topological polar surface area (TPSA) is 87.3 Å². The third-order valence-corrected chi connectivity index (χ3v) is 5.50. The van der Waals surface area contributed by atoms with Crippen LogP contribution in [0.4, 0.5) is 0 Å². The van der Waals surface area contributed by atoms with Crippen molar-refractivity contribution in [1.29, 1.82) is 0 Å². The van der Waals surface area contributed by atoms with Gasteiger partial charge in [-0.15, -0.1) is 0 Å². The summed E-state index contributed by atoms with van der Waals surface area (Å²) in [7, 11) is -3.54. The molecule has 1 aromatic rings. The Morgan fingerprint density at radius 1 is 1.29 bits per heavy atom. The standard InChI is InChI=1S/C14H19N3O3S/c18-14-5-4-11(17-14)9-16-21(19,20)13-3-1-2-10-8-15-7-6-12(10)13/h1-3,11,15-16H,4-9H2,(H,17,18). The van der Waals surface area contributed by atoms with Crippen LogP contribution in [0.2, 0.25) is 0 Å². The Morgan fingerprint density at radius 2 is 2.14 bits per heavy atom. The lowest BCUT2D eigenvalue weighted by atomic mass is 10.0. The fourth-order valence-corrected chi connectivity index (χ4v) is 4.26. The number of rotatable bonds is 4. The fraction of sp³-hybridized carbons (Fsp3) is 0.500. The maximum atomic E-state index is 12.5. The molecule has 2 heterocycles. The molecule has 1 atom stereocenters. The first kappa shape index (κ1) is 14.5. The summed E-state index contributed by atoms with van der Waals surface area (Å²) in [5, 5.41) is 6.00. The highest BCUT2D eigenvalue weighted by Crippen LogP contribution is 2.22. The Labute approximate surface area is 124 Å². The Morgan fingerprint density at radius 3 is 2.90 bits per heavy atom. The highest BCUT2D eigenvalue weighted by Gasteiger charge is 2.25. The highest BCUT2D eigenvalue weighted by molar-refractivity contribution is 7.89. The van der Waals surface area contributed by atoms with Crippen molar-refractivity contribution in [3.63, 3.8) is 0 Å². The van der Waals surface area contributed by atoms with Crippen LogP contribution in [0, 0.1) is 0 Å². The molecule has 7 heteroatoms. The average Bonchev–Trinajstić information content (AvgIpc) is 2.90. The fourth-order valence-electron chi connectivity index (χ4n) is 2.87. The van der Waals surface area contributed by atoms with Crippen molar-refractivity contribution in [2.75, 3.05) is 13.1 Å². The van der Waals surface area contributed by atoms with Gasteiger partial charge in [0.05, 0.1) is 4.90 Å². The monoisotopic (exact) mass is 309 g/mol. The van der Waals surface area contributed by atoms with Gasteiger partial charge in [0, 0.05) is 25.6 Å². The van der Waals surface area contributed by atoms with E-state index in [9.17, 15) is 13.2 Å². The van der Waals surface area contributed by atoms with E-state index in [-0.39, 0.29) is 18.5 Å². The van der Waals surface area contributed by atoms with Crippen LogP contribution in [0.5, 0.6) is 0 Å². The second-order valence-corrected chi connectivity index (χ2v) is 7.21. The zero-order chi connectivity index (χ0) is 14.9. The first-order valence-corrected chi connectivity index (χ1v) is 8.65. The molecule has 1 fully saturated rings. The van der Waals surface area contributed by atoms with E-state index < -0.39 is 10.0 Å². The third-order valence-electron chi connectivity index (χ3n) is 3.99. The summed E-state index contributed by atoms with van der Waals surface area (Å²) in [6.07, 6.45) is 1.86. The largest absolute Gasteiger partial charge is 0.352 e. The number of carbonyl (C=O) groups excluding carboxylic acids is 1. The molecular formula is C14H19N3O3S. The smallest absolute Gasteiger partial charge is 0.240 e. The summed E-state index contributed by atoms with van der Waals surface area (Å²) in [5.74, 6) is -0.0117. The third kappa shape index (κ3) is 3.09. The average molecular weight is 309 g/mol. The Bertz CT molecular complexity index is 657. The molecule has 1 amide bonds. The van der Waals surface area contributed by atoms with Gasteiger partial charge in [0.1, 0.15) is 0 Å². The van der Waals surface area contributed by atoms with Crippen molar-refractivity contribution >= 4 is 15.9 Å². The molecule has 21 heavy (non-hydrogen) atoms. The van der Waals surface area contributed by atoms with Crippen LogP contribution >= 0.6 is 0 Å². The Kier molecular flexibility index (Phi) is 3.97. The van der Waals surface area contributed by atoms with Gasteiger partial charge in [0.25, 0.3) is 0 Å². The van der Waals surface area contributed by atoms with E-state index in [0.29, 0.717) is 30.7 Å². The lowest BCUT2D eigenvalue weighted by Gasteiger charge is -2.21. The minimum absolute atomic E-state index is 0.0117. The molecule has 0 bridgehead atoms. The summed E-state index contributed by atoms with van der Waals surface area (Å²) >= 11 is 0. The van der Waals surface area contributed by atoms with Crippen LogP contribution in [0.1, 0.15) is 24.0 Å². The van der Waals surface area contributed by atoms with E-state index in [1.165, 1.54) is 0 Å². The van der Waals surface area contributed by atoms with Crippen LogP contribution in [0.3, 0.4) is 0 Å². The predicted octanol–water partition coefficient (Wildman–Crippen LogP) is -0.111. The molecule has 3 rings (SSSR count). The number of hydrogen-bond donors (Lipinski definition) is 3. The summed E-state index contributed by atoms with van der Waals surface area (Å²) < 4.78 is 27.6. The molecule has 114 valence electrons. The quantitative estimate of drug-likeness (QED) is 0.724. The van der Waals surface area contributed by atoms with Gasteiger partial charge in [0.2, 0.25) is 15.9 Å². The van der Waals surface area contributed by atoms with E-state index in [4.69, 9.17) is 0 Å². The SMILES string of the molecule is O=C1CCC(CNS(=O)(=O)c2cccc3c2CCNC3)N1. The number of hydrogen-bond acceptors (Lipinski definition) is 4. The van der Waals surface area contributed by atoms with Crippen LogP contribution < -0.4 is 15.4 Å². The number of benzene rings is 1. The van der Waals surface area contributed by atoms with Crippen LogP contribution in [0.25, 0.3) is 0 Å². The van der Waals surface area contributed by atoms with E-state index in [1.807, 2.05) is 6.07 Å². The lowest BCUT2D eigenvalue weighted by Crippen LogP contribution is -2.39. The van der Waals surface area contributed by atoms with E-state index in [1.54, 1.807) is 12.1 Å². The molecule has 1 saturated heterocycles. The maximum absolute atomic E-state index is 12.5. The lowest BCUT2D eigenvalue weighted by molar-refractivity contribution is -0.119. The van der Waals surface area contributed by atoms with E-state index >= 15 is 0 Å². The minimum Gasteiger partial charge on any atom is -0.352 e. The van der Waals surface area contributed by atoms with Crippen LogP contribution in [0.15, 0.2) is 23.1 Å². The van der Waals surface area contributed by atoms with Gasteiger partial charge in [0.15, 0.2) is 0 Å². The Hall–Kier alpha value is -1.44. The second-order valence-electron chi connectivity index (χ2n) is 5.48. The van der Waals surface area contributed by atoms with Crippen molar-refractivity contribution in [2.45, 2.75) is 36.7 Å². The molecule has 0 spiro atoms. The molecule has 1 unspecified atom stereocenters. The minimum atomic E-state index is -3.54. The molecule has 6 nitrogen and oxygen atoms in total. The summed E-state index contributed by atoms with van der Waals surface area (Å²) in [6, 6.07) is 5.28. The molecule has 2 aliphatic rings. The Balaban J connectivity index is 1.77. The summed E-state index contributed by atoms with van der Waals surface area (Å²) in [6.45, 7) is 1.74. The van der Waals surface area contributed by atoms with E-state index in [2.05, 4.69) is 15.4 Å². The second kappa shape index (κ2) is 5.75. The van der Waals surface area contributed by atoms with Crippen molar-refractivity contribution < 1.29 is 13.2 Å². The van der Waals surface area contributed by atoms with Crippen molar-refractivity contribution in [2.24, 2.45) is 0 Å². The van der Waals surface area contributed by atoms with E-state index in [0.717, 1.165) is 17.7 Å². The molecule has 0 aliphatic carbocycles. The van der Waals surface area contributed by atoms with Gasteiger partial charge in [-0.25, -0.2) is 13.1 Å². The van der Waals surface area contributed by atoms with Gasteiger partial charge < -0.3 is 10.6 Å². The summed E-state index contributed by atoms with van der Waals surface area (Å²) in [4.78, 5) is 11.5. The number of fused-ring (bicyclic) bond motifs is 1. The number of carbonyl (C=O) groups is 1. The molecular weight excluding hydrogens is 290 g/mol. The number of amides is 1. The molecule has 0 radical (unpaired) electrons. The molecule has 2 aliphatic heterocycles. The van der Waals surface area contributed by atoms with Gasteiger partial charge in [-0.2, -0.15) is 0 Å². The zero-order valence-corrected chi connectivity index (χ0v) is 12.5. The zero-order valence-electron chi connectivity index (χ0n) is 11.7. The molecule has 0 aromatic heterocycles. The predicted molar refractivity (Wildman–Crippen MR) is 78.2 cm³/mol. The first-order valence-electron chi connectivity index (χ1n) is 7.17. The van der Waals surface area contributed by atoms with Crippen molar-refractivity contribution in [3.8, 4) is 0 Å². The molecule has 0 saturated carbocycles. The van der Waals surface area contributed by atoms with Crippen LogP contribution in [-0.2, 0) is 27.8 Å². The van der Waals surface area contributed by atoms with Gasteiger partial charge in [-0.05, 0) is 36.6 Å². The summed E-state index contributed by atoms with van der Waals surface area (Å²) in [5.41, 5.74) is 1.94. The normalized spacial score (nSPS) is 21.9. The molecule has 1 aromatic carbocycles. The van der Waals surface area contributed by atoms with Gasteiger partial charge >= 0.3 is 0 Å².